The van der Waals surface area contributed by atoms with Crippen molar-refractivity contribution in [3.8, 4) is 0 Å². The van der Waals surface area contributed by atoms with Gasteiger partial charge in [0.1, 0.15) is 6.04 Å². The summed E-state index contributed by atoms with van der Waals surface area (Å²) < 4.78 is 1.06. The Morgan fingerprint density at radius 2 is 2.20 bits per heavy atom. The summed E-state index contributed by atoms with van der Waals surface area (Å²) in [7, 11) is 2.13. The summed E-state index contributed by atoms with van der Waals surface area (Å²) in [6.07, 6.45) is 3.83. The maximum atomic E-state index is 12.0. The van der Waals surface area contributed by atoms with Crippen molar-refractivity contribution in [2.24, 2.45) is 0 Å². The van der Waals surface area contributed by atoms with E-state index in [0.29, 0.717) is 6.04 Å². The molecule has 1 aliphatic heterocycles. The van der Waals surface area contributed by atoms with Crippen LogP contribution in [0.3, 0.4) is 0 Å². The normalized spacial score (nSPS) is 21.4. The van der Waals surface area contributed by atoms with Gasteiger partial charge in [-0.1, -0.05) is 6.92 Å². The van der Waals surface area contributed by atoms with Gasteiger partial charge in [-0.2, -0.15) is 0 Å². The van der Waals surface area contributed by atoms with E-state index in [1.165, 1.54) is 19.3 Å². The van der Waals surface area contributed by atoms with Gasteiger partial charge in [0, 0.05) is 28.8 Å². The van der Waals surface area contributed by atoms with Crippen molar-refractivity contribution in [3.05, 3.63) is 22.2 Å². The lowest BCUT2D eigenvalue weighted by Gasteiger charge is -2.37. The molecule has 1 aliphatic carbocycles. The molecule has 0 bridgehead atoms. The maximum Gasteiger partial charge on any atom is 0.246 e. The Morgan fingerprint density at radius 1 is 1.45 bits per heavy atom. The number of nitrogens with zero attached hydrogens (tertiary/aromatic N) is 1. The predicted octanol–water partition coefficient (Wildman–Crippen LogP) is 3.04. The van der Waals surface area contributed by atoms with Crippen LogP contribution in [0.1, 0.15) is 37.8 Å². The van der Waals surface area contributed by atoms with Crippen molar-refractivity contribution in [2.75, 3.05) is 23.8 Å². The third-order valence-corrected chi connectivity index (χ3v) is 5.00. The summed E-state index contributed by atoms with van der Waals surface area (Å²) in [6.45, 7) is 2.79. The molecule has 0 radical (unpaired) electrons. The molecule has 1 unspecified atom stereocenters. The van der Waals surface area contributed by atoms with E-state index in [0.717, 1.165) is 28.0 Å². The Kier molecular flexibility index (Phi) is 3.73. The molecule has 0 spiro atoms. The zero-order valence-corrected chi connectivity index (χ0v) is 13.5. The molecule has 1 atom stereocenters. The lowest BCUT2D eigenvalue weighted by Crippen LogP contribution is -2.37. The van der Waals surface area contributed by atoms with E-state index in [1.54, 1.807) is 0 Å². The smallest absolute Gasteiger partial charge is 0.246 e. The van der Waals surface area contributed by atoms with Gasteiger partial charge in [-0.15, -0.1) is 0 Å². The first kappa shape index (κ1) is 13.9. The highest BCUT2D eigenvalue weighted by atomic mass is 79.9. The molecule has 3 rings (SSSR count). The molecule has 0 aromatic heterocycles. The second-order valence-electron chi connectivity index (χ2n) is 5.57. The number of amides is 1. The highest BCUT2D eigenvalue weighted by Crippen LogP contribution is 2.40. The van der Waals surface area contributed by atoms with Crippen LogP contribution in [0.25, 0.3) is 0 Å². The number of benzene rings is 1. The van der Waals surface area contributed by atoms with Crippen molar-refractivity contribution in [2.45, 2.75) is 38.3 Å². The van der Waals surface area contributed by atoms with Gasteiger partial charge in [0.05, 0.1) is 5.69 Å². The number of hydrogen-bond acceptors (Lipinski definition) is 3. The molecule has 5 heteroatoms. The molecular formula is C15H20BrN3O. The van der Waals surface area contributed by atoms with Crippen molar-refractivity contribution in [3.63, 3.8) is 0 Å². The Hall–Kier alpha value is -1.07. The molecule has 1 aromatic carbocycles. The number of likely N-dealkylation sites (N-methyl/N-ethyl adjacent to an activating group) is 1. The third-order valence-electron chi connectivity index (χ3n) is 4.36. The Morgan fingerprint density at radius 3 is 2.80 bits per heavy atom. The SMILES string of the molecule is CCNC1C(=O)Nc2cc(N(C)C3CCC3)c(Br)cc21. The fourth-order valence-electron chi connectivity index (χ4n) is 2.92. The molecule has 1 heterocycles. The minimum absolute atomic E-state index is 0.0391. The summed E-state index contributed by atoms with van der Waals surface area (Å²) in [5.41, 5.74) is 3.13. The predicted molar refractivity (Wildman–Crippen MR) is 85.2 cm³/mol. The Balaban J connectivity index is 1.93. The first-order valence-corrected chi connectivity index (χ1v) is 8.01. The van der Waals surface area contributed by atoms with Crippen molar-refractivity contribution < 1.29 is 4.79 Å². The van der Waals surface area contributed by atoms with Crippen LogP contribution in [0.2, 0.25) is 0 Å². The number of carbonyl (C=O) groups excluding carboxylic acids is 1. The van der Waals surface area contributed by atoms with E-state index in [9.17, 15) is 4.79 Å². The van der Waals surface area contributed by atoms with Gasteiger partial charge in [-0.3, -0.25) is 4.79 Å². The number of anilines is 2. The number of fused-ring (bicyclic) bond motifs is 1. The van der Waals surface area contributed by atoms with Crippen LogP contribution >= 0.6 is 15.9 Å². The first-order chi connectivity index (χ1) is 9.61. The molecule has 1 amide bonds. The number of halogens is 1. The largest absolute Gasteiger partial charge is 0.371 e. The van der Waals surface area contributed by atoms with Crippen LogP contribution in [0, 0.1) is 0 Å². The topological polar surface area (TPSA) is 44.4 Å². The first-order valence-electron chi connectivity index (χ1n) is 7.22. The molecule has 20 heavy (non-hydrogen) atoms. The second kappa shape index (κ2) is 5.37. The minimum Gasteiger partial charge on any atom is -0.371 e. The molecule has 1 fully saturated rings. The van der Waals surface area contributed by atoms with Gasteiger partial charge in [-0.05, 0) is 53.9 Å². The number of rotatable bonds is 4. The van der Waals surface area contributed by atoms with Gasteiger partial charge in [0.2, 0.25) is 5.91 Å². The summed E-state index contributed by atoms with van der Waals surface area (Å²) >= 11 is 3.66. The van der Waals surface area contributed by atoms with E-state index in [2.05, 4.69) is 50.6 Å². The minimum atomic E-state index is -0.227. The fraction of sp³-hybridized carbons (Fsp3) is 0.533. The zero-order valence-electron chi connectivity index (χ0n) is 11.9. The van der Waals surface area contributed by atoms with Crippen LogP contribution in [0.5, 0.6) is 0 Å². The van der Waals surface area contributed by atoms with Gasteiger partial charge < -0.3 is 15.5 Å². The highest BCUT2D eigenvalue weighted by Gasteiger charge is 2.32. The molecule has 4 nitrogen and oxygen atoms in total. The van der Waals surface area contributed by atoms with Crippen LogP contribution in [0.4, 0.5) is 11.4 Å². The average Bonchev–Trinajstić information content (AvgIpc) is 2.63. The second-order valence-corrected chi connectivity index (χ2v) is 6.42. The van der Waals surface area contributed by atoms with Crippen LogP contribution < -0.4 is 15.5 Å². The van der Waals surface area contributed by atoms with Gasteiger partial charge >= 0.3 is 0 Å². The van der Waals surface area contributed by atoms with Gasteiger partial charge in [0.15, 0.2) is 0 Å². The summed E-state index contributed by atoms with van der Waals surface area (Å²) in [5, 5.41) is 6.21. The number of nitrogens with one attached hydrogen (secondary N) is 2. The van der Waals surface area contributed by atoms with Crippen molar-refractivity contribution in [1.82, 2.24) is 5.32 Å². The van der Waals surface area contributed by atoms with Crippen LogP contribution in [-0.4, -0.2) is 25.5 Å². The Labute approximate surface area is 128 Å². The average molecular weight is 338 g/mol. The molecular weight excluding hydrogens is 318 g/mol. The Bertz CT molecular complexity index is 542. The van der Waals surface area contributed by atoms with E-state index >= 15 is 0 Å². The van der Waals surface area contributed by atoms with Crippen LogP contribution in [0.15, 0.2) is 16.6 Å². The van der Waals surface area contributed by atoms with Crippen LogP contribution in [-0.2, 0) is 4.79 Å². The molecule has 1 aromatic rings. The van der Waals surface area contributed by atoms with Crippen molar-refractivity contribution >= 4 is 33.2 Å². The van der Waals surface area contributed by atoms with E-state index < -0.39 is 0 Å². The van der Waals surface area contributed by atoms with Gasteiger partial charge in [0.25, 0.3) is 0 Å². The number of hydrogen-bond donors (Lipinski definition) is 2. The summed E-state index contributed by atoms with van der Waals surface area (Å²) in [5.74, 6) is 0.0391. The van der Waals surface area contributed by atoms with Gasteiger partial charge in [-0.25, -0.2) is 0 Å². The van der Waals surface area contributed by atoms with E-state index in [4.69, 9.17) is 0 Å². The highest BCUT2D eigenvalue weighted by molar-refractivity contribution is 9.10. The van der Waals surface area contributed by atoms with E-state index in [1.807, 2.05) is 6.92 Å². The standard InChI is InChI=1S/C15H20BrN3O/c1-3-17-14-10-7-11(16)13(8-12(10)18-15(14)20)19(2)9-5-4-6-9/h7-9,14,17H,3-6H2,1-2H3,(H,18,20). The molecule has 2 aliphatic rings. The third kappa shape index (κ3) is 2.23. The molecule has 108 valence electrons. The zero-order chi connectivity index (χ0) is 14.3. The molecule has 0 saturated heterocycles. The maximum absolute atomic E-state index is 12.0. The summed E-state index contributed by atoms with van der Waals surface area (Å²) in [6, 6.07) is 4.57. The fourth-order valence-corrected chi connectivity index (χ4v) is 3.56. The molecule has 2 N–H and O–H groups in total. The monoisotopic (exact) mass is 337 g/mol. The van der Waals surface area contributed by atoms with E-state index in [-0.39, 0.29) is 11.9 Å². The van der Waals surface area contributed by atoms with Crippen molar-refractivity contribution in [1.29, 1.82) is 0 Å². The summed E-state index contributed by atoms with van der Waals surface area (Å²) in [4.78, 5) is 14.3. The lowest BCUT2D eigenvalue weighted by molar-refractivity contribution is -0.117. The quantitative estimate of drug-likeness (QED) is 0.887. The molecule has 1 saturated carbocycles. The number of carbonyl (C=O) groups is 1. The lowest BCUT2D eigenvalue weighted by atomic mass is 9.91.